The molecule has 2 aliphatic rings. The third-order valence-electron chi connectivity index (χ3n) is 7.10. The average Bonchev–Trinajstić information content (AvgIpc) is 3.68. The number of amides is 1. The molecule has 0 radical (unpaired) electrons. The highest BCUT2D eigenvalue weighted by Crippen LogP contribution is 2.41. The van der Waals surface area contributed by atoms with E-state index in [0.29, 0.717) is 48.3 Å². The first-order valence-electron chi connectivity index (χ1n) is 13.8. The van der Waals surface area contributed by atoms with Gasteiger partial charge in [-0.2, -0.15) is 0 Å². The predicted molar refractivity (Wildman–Crippen MR) is 163 cm³/mol. The van der Waals surface area contributed by atoms with Crippen molar-refractivity contribution in [3.63, 3.8) is 0 Å². The number of nitrogens with zero attached hydrogens (tertiary/aromatic N) is 5. The molecule has 3 aromatic carbocycles. The van der Waals surface area contributed by atoms with E-state index in [1.165, 1.54) is 17.4 Å². The Balaban J connectivity index is 1.24. The van der Waals surface area contributed by atoms with Crippen LogP contribution in [-0.4, -0.2) is 59.3 Å². The summed E-state index contributed by atoms with van der Waals surface area (Å²) >= 11 is 1.37. The van der Waals surface area contributed by atoms with E-state index in [9.17, 15) is 9.18 Å². The Morgan fingerprint density at radius 1 is 0.930 bits per heavy atom. The Morgan fingerprint density at radius 3 is 2.49 bits per heavy atom. The van der Waals surface area contributed by atoms with Crippen LogP contribution in [-0.2, 0) is 9.53 Å². The van der Waals surface area contributed by atoms with Gasteiger partial charge in [-0.05, 0) is 18.2 Å². The first kappa shape index (κ1) is 26.9. The number of halogens is 1. The monoisotopic (exact) mass is 595 g/mol. The minimum absolute atomic E-state index is 0.0372. The Labute approximate surface area is 250 Å². The van der Waals surface area contributed by atoms with Crippen LogP contribution < -0.4 is 15.5 Å². The summed E-state index contributed by atoms with van der Waals surface area (Å²) in [5.74, 6) is -0.389. The van der Waals surface area contributed by atoms with Crippen molar-refractivity contribution >= 4 is 39.7 Å². The minimum atomic E-state index is -0.694. The van der Waals surface area contributed by atoms with E-state index in [0.717, 1.165) is 21.8 Å². The molecule has 0 bridgehead atoms. The summed E-state index contributed by atoms with van der Waals surface area (Å²) in [5, 5.41) is 15.9. The molecule has 2 aromatic heterocycles. The van der Waals surface area contributed by atoms with Crippen molar-refractivity contribution in [2.24, 2.45) is 4.99 Å². The molecule has 0 saturated carbocycles. The molecule has 4 heterocycles. The van der Waals surface area contributed by atoms with Crippen molar-refractivity contribution < 1.29 is 18.3 Å². The first-order valence-corrected chi connectivity index (χ1v) is 14.7. The highest BCUT2D eigenvalue weighted by Gasteiger charge is 2.27. The van der Waals surface area contributed by atoms with Crippen LogP contribution in [0.2, 0.25) is 0 Å². The van der Waals surface area contributed by atoms with Gasteiger partial charge >= 0.3 is 6.01 Å². The van der Waals surface area contributed by atoms with Gasteiger partial charge in [0.05, 0.1) is 31.0 Å². The molecule has 2 aliphatic heterocycles. The van der Waals surface area contributed by atoms with Gasteiger partial charge in [0, 0.05) is 29.8 Å². The van der Waals surface area contributed by atoms with Crippen LogP contribution in [0, 0.1) is 5.82 Å². The van der Waals surface area contributed by atoms with Crippen molar-refractivity contribution in [3.05, 3.63) is 95.8 Å². The second-order valence-corrected chi connectivity index (χ2v) is 10.9. The average molecular weight is 596 g/mol. The molecule has 0 spiro atoms. The number of para-hydroxylation sites is 1. The van der Waals surface area contributed by atoms with Crippen molar-refractivity contribution in [2.45, 2.75) is 12.6 Å². The topological polar surface area (TPSA) is 118 Å². The molecule has 0 aliphatic carbocycles. The van der Waals surface area contributed by atoms with Gasteiger partial charge in [0.25, 0.3) is 5.89 Å². The number of benzene rings is 3. The number of carbonyl (C=O) groups excluding carboxylic acids is 1. The van der Waals surface area contributed by atoms with Crippen LogP contribution in [0.25, 0.3) is 22.2 Å². The second kappa shape index (κ2) is 11.7. The van der Waals surface area contributed by atoms with Gasteiger partial charge in [0.2, 0.25) is 5.91 Å². The molecular weight excluding hydrogens is 569 g/mol. The van der Waals surface area contributed by atoms with Gasteiger partial charge in [-0.25, -0.2) is 9.37 Å². The molecule has 216 valence electrons. The van der Waals surface area contributed by atoms with E-state index in [4.69, 9.17) is 19.1 Å². The number of thiazole rings is 1. The summed E-state index contributed by atoms with van der Waals surface area (Å²) in [6.45, 7) is 2.44. The van der Waals surface area contributed by atoms with Crippen molar-refractivity contribution in [2.75, 3.05) is 41.8 Å². The van der Waals surface area contributed by atoms with Crippen molar-refractivity contribution in [1.82, 2.24) is 15.2 Å². The fourth-order valence-corrected chi connectivity index (χ4v) is 6.19. The lowest BCUT2D eigenvalue weighted by atomic mass is 9.99. The van der Waals surface area contributed by atoms with Crippen LogP contribution in [0.4, 0.5) is 21.1 Å². The van der Waals surface area contributed by atoms with Gasteiger partial charge in [-0.1, -0.05) is 77.1 Å². The maximum atomic E-state index is 14.7. The van der Waals surface area contributed by atoms with Crippen LogP contribution in [0.5, 0.6) is 0 Å². The van der Waals surface area contributed by atoms with Crippen LogP contribution in [0.3, 0.4) is 0 Å². The highest BCUT2D eigenvalue weighted by molar-refractivity contribution is 7.19. The zero-order valence-corrected chi connectivity index (χ0v) is 23.7. The number of carbonyl (C=O) groups is 1. The molecule has 0 unspecified atom stereocenters. The number of hydrogen-bond acceptors (Lipinski definition) is 10. The normalized spacial score (nSPS) is 18.2. The molecule has 5 aromatic rings. The number of aromatic nitrogens is 3. The number of fused-ring (bicyclic) bond motifs is 1. The summed E-state index contributed by atoms with van der Waals surface area (Å²) in [5.41, 5.74) is 3.98. The number of nitrogens with one attached hydrogen (secondary N) is 2. The number of rotatable bonds is 6. The maximum absolute atomic E-state index is 14.7. The second-order valence-electron chi connectivity index (χ2n) is 9.97. The molecule has 12 heteroatoms. The van der Waals surface area contributed by atoms with E-state index in [2.05, 4.69) is 25.7 Å². The standard InChI is InChI=1S/C31H26FN7O3S/c32-22-12-6-4-10-20(22)29-36-27(30(43-29)39-14-16-41-17-15-39)28-37-38-31(42-28)35-24-18-25(40)33-23-13-7-5-11-21(23)26(34-24)19-8-2-1-3-9-19/h1-13,24H,14-18H2,(H,33,40)(H,35,38)/b34-26-/t24-/m1/s1. The lowest BCUT2D eigenvalue weighted by molar-refractivity contribution is -0.116. The quantitative estimate of drug-likeness (QED) is 0.266. The Morgan fingerprint density at radius 2 is 1.67 bits per heavy atom. The van der Waals surface area contributed by atoms with E-state index in [1.807, 2.05) is 54.6 Å². The van der Waals surface area contributed by atoms with Gasteiger partial charge < -0.3 is 24.7 Å². The van der Waals surface area contributed by atoms with E-state index in [-0.39, 0.29) is 30.1 Å². The number of morpholine rings is 1. The Hall–Kier alpha value is -4.94. The number of aliphatic imine (C=N–C) groups is 1. The van der Waals surface area contributed by atoms with E-state index < -0.39 is 6.17 Å². The predicted octanol–water partition coefficient (Wildman–Crippen LogP) is 5.45. The van der Waals surface area contributed by atoms with E-state index >= 15 is 0 Å². The summed E-state index contributed by atoms with van der Waals surface area (Å²) in [7, 11) is 0. The zero-order chi connectivity index (χ0) is 29.2. The lowest BCUT2D eigenvalue weighted by Crippen LogP contribution is -2.35. The van der Waals surface area contributed by atoms with Crippen LogP contribution in [0.1, 0.15) is 17.5 Å². The molecule has 1 saturated heterocycles. The van der Waals surface area contributed by atoms with Gasteiger partial charge in [-0.15, -0.1) is 5.10 Å². The van der Waals surface area contributed by atoms with Gasteiger partial charge in [0.1, 0.15) is 22.0 Å². The third-order valence-corrected chi connectivity index (χ3v) is 8.25. The van der Waals surface area contributed by atoms with E-state index in [1.54, 1.807) is 18.2 Å². The van der Waals surface area contributed by atoms with Crippen molar-refractivity contribution in [3.8, 4) is 22.2 Å². The zero-order valence-electron chi connectivity index (χ0n) is 22.9. The fourth-order valence-electron chi connectivity index (χ4n) is 5.06. The minimum Gasteiger partial charge on any atom is -0.402 e. The van der Waals surface area contributed by atoms with Crippen LogP contribution >= 0.6 is 11.3 Å². The van der Waals surface area contributed by atoms with Gasteiger partial charge in [-0.3, -0.25) is 9.79 Å². The molecular formula is C31H26FN7O3S. The molecule has 1 amide bonds. The molecule has 43 heavy (non-hydrogen) atoms. The highest BCUT2D eigenvalue weighted by atomic mass is 32.1. The van der Waals surface area contributed by atoms with Gasteiger partial charge in [0.15, 0.2) is 5.69 Å². The summed E-state index contributed by atoms with van der Waals surface area (Å²) < 4.78 is 26.3. The number of hydrogen-bond donors (Lipinski definition) is 2. The molecule has 1 fully saturated rings. The maximum Gasteiger partial charge on any atom is 0.317 e. The smallest absolute Gasteiger partial charge is 0.317 e. The molecule has 2 N–H and O–H groups in total. The summed E-state index contributed by atoms with van der Waals surface area (Å²) in [4.78, 5) is 24.7. The summed E-state index contributed by atoms with van der Waals surface area (Å²) in [6, 6.07) is 24.0. The lowest BCUT2D eigenvalue weighted by Gasteiger charge is -2.27. The number of ether oxygens (including phenoxy) is 1. The molecule has 10 nitrogen and oxygen atoms in total. The Bertz CT molecular complexity index is 1800. The molecule has 1 atom stereocenters. The third kappa shape index (κ3) is 5.62. The first-order chi connectivity index (χ1) is 21.1. The Kier molecular flexibility index (Phi) is 7.35. The largest absolute Gasteiger partial charge is 0.402 e. The van der Waals surface area contributed by atoms with Crippen LogP contribution in [0.15, 0.2) is 88.3 Å². The van der Waals surface area contributed by atoms with Crippen molar-refractivity contribution in [1.29, 1.82) is 0 Å². The fraction of sp³-hybridized carbons (Fsp3) is 0.194. The SMILES string of the molecule is O=C1C[C@@H](Nc2nnc(-c3nc(-c4ccccc4F)sc3N3CCOCC3)o2)/N=C(/c2ccccc2)c2ccccc2N1. The number of anilines is 3. The summed E-state index contributed by atoms with van der Waals surface area (Å²) in [6.07, 6.45) is -0.657. The molecule has 7 rings (SSSR count).